The number of aliphatic hydroxyl groups is 1. The Balaban J connectivity index is 4.41. The van der Waals surface area contributed by atoms with Crippen molar-refractivity contribution in [3.8, 4) is 0 Å². The first-order chi connectivity index (χ1) is 4.91. The van der Waals surface area contributed by atoms with Crippen LogP contribution in [0.2, 0.25) is 0 Å². The lowest BCUT2D eigenvalue weighted by Gasteiger charge is -2.23. The summed E-state index contributed by atoms with van der Waals surface area (Å²) in [5.41, 5.74) is -1.25. The van der Waals surface area contributed by atoms with Gasteiger partial charge >= 0.3 is 5.97 Å². The van der Waals surface area contributed by atoms with Crippen LogP contribution in [-0.4, -0.2) is 21.8 Å². The quantitative estimate of drug-likeness (QED) is 0.603. The summed E-state index contributed by atoms with van der Waals surface area (Å²) in [4.78, 5) is 10.4. The molecule has 0 aromatic rings. The Kier molecular flexibility index (Phi) is 3.26. The molecule has 0 aliphatic carbocycles. The fourth-order valence-electron chi connectivity index (χ4n) is 0.732. The van der Waals surface area contributed by atoms with E-state index in [4.69, 9.17) is 5.11 Å². The highest BCUT2D eigenvalue weighted by atomic mass is 16.4. The number of rotatable bonds is 3. The first kappa shape index (κ1) is 10.2. The molecular weight excluding hydrogens is 144 g/mol. The van der Waals surface area contributed by atoms with E-state index in [1.165, 1.54) is 19.9 Å². The third-order valence-corrected chi connectivity index (χ3v) is 1.75. The van der Waals surface area contributed by atoms with Crippen molar-refractivity contribution in [1.29, 1.82) is 0 Å². The van der Waals surface area contributed by atoms with Gasteiger partial charge in [-0.15, -0.1) is 0 Å². The second-order valence-electron chi connectivity index (χ2n) is 2.79. The summed E-state index contributed by atoms with van der Waals surface area (Å²) >= 11 is 0. The van der Waals surface area contributed by atoms with Gasteiger partial charge in [0.05, 0.1) is 11.5 Å². The molecule has 0 saturated heterocycles. The zero-order chi connectivity index (χ0) is 9.07. The van der Waals surface area contributed by atoms with Crippen molar-refractivity contribution in [1.82, 2.24) is 0 Å². The lowest BCUT2D eigenvalue weighted by Crippen LogP contribution is -2.35. The van der Waals surface area contributed by atoms with E-state index in [0.717, 1.165) is 0 Å². The lowest BCUT2D eigenvalue weighted by atomic mass is 9.91. The average molecular weight is 158 g/mol. The highest BCUT2D eigenvalue weighted by molar-refractivity contribution is 5.71. The van der Waals surface area contributed by atoms with Crippen LogP contribution in [0.3, 0.4) is 0 Å². The molecule has 0 rings (SSSR count). The van der Waals surface area contributed by atoms with E-state index in [1.807, 2.05) is 0 Å². The molecule has 0 aromatic heterocycles. The lowest BCUT2D eigenvalue weighted by molar-refractivity contribution is -0.147. The smallest absolute Gasteiger partial charge is 0.309 e. The summed E-state index contributed by atoms with van der Waals surface area (Å²) in [5, 5.41) is 18.0. The standard InChI is InChI=1S/C8H14O3/c1-4-5-8(3,11)6(2)7(9)10/h4-6,11H,1-3H3,(H,9,10)/b5-4+/t6-,8+/m1/s1. The molecule has 0 heterocycles. The Hall–Kier alpha value is -0.830. The molecule has 2 N–H and O–H groups in total. The molecule has 0 saturated carbocycles. The van der Waals surface area contributed by atoms with E-state index in [1.54, 1.807) is 13.0 Å². The third-order valence-electron chi connectivity index (χ3n) is 1.75. The minimum Gasteiger partial charge on any atom is -0.481 e. The van der Waals surface area contributed by atoms with Gasteiger partial charge in [0.2, 0.25) is 0 Å². The van der Waals surface area contributed by atoms with E-state index in [9.17, 15) is 9.90 Å². The van der Waals surface area contributed by atoms with Crippen LogP contribution in [0.5, 0.6) is 0 Å². The largest absolute Gasteiger partial charge is 0.481 e. The molecule has 0 fully saturated rings. The molecule has 64 valence electrons. The predicted molar refractivity (Wildman–Crippen MR) is 42.2 cm³/mol. The first-order valence-corrected chi connectivity index (χ1v) is 3.51. The van der Waals surface area contributed by atoms with Crippen LogP contribution in [0.25, 0.3) is 0 Å². The van der Waals surface area contributed by atoms with Gasteiger partial charge in [0.1, 0.15) is 0 Å². The number of hydrogen-bond donors (Lipinski definition) is 2. The van der Waals surface area contributed by atoms with E-state index in [0.29, 0.717) is 0 Å². The molecule has 2 atom stereocenters. The van der Waals surface area contributed by atoms with Crippen LogP contribution in [0.4, 0.5) is 0 Å². The first-order valence-electron chi connectivity index (χ1n) is 3.51. The Morgan fingerprint density at radius 2 is 2.09 bits per heavy atom. The van der Waals surface area contributed by atoms with Crippen LogP contribution in [-0.2, 0) is 4.79 Å². The van der Waals surface area contributed by atoms with Crippen molar-refractivity contribution in [2.24, 2.45) is 5.92 Å². The van der Waals surface area contributed by atoms with Gasteiger partial charge in [-0.3, -0.25) is 4.79 Å². The second kappa shape index (κ2) is 3.53. The fraction of sp³-hybridized carbons (Fsp3) is 0.625. The van der Waals surface area contributed by atoms with Gasteiger partial charge < -0.3 is 10.2 Å². The van der Waals surface area contributed by atoms with Crippen molar-refractivity contribution in [2.75, 3.05) is 0 Å². The summed E-state index contributed by atoms with van der Waals surface area (Å²) in [6.45, 7) is 4.69. The van der Waals surface area contributed by atoms with Gasteiger partial charge in [-0.25, -0.2) is 0 Å². The van der Waals surface area contributed by atoms with Gasteiger partial charge in [0.25, 0.3) is 0 Å². The van der Waals surface area contributed by atoms with Gasteiger partial charge in [-0.05, 0) is 20.8 Å². The van der Waals surface area contributed by atoms with E-state index in [2.05, 4.69) is 0 Å². The van der Waals surface area contributed by atoms with Crippen LogP contribution < -0.4 is 0 Å². The zero-order valence-corrected chi connectivity index (χ0v) is 7.03. The van der Waals surface area contributed by atoms with Gasteiger partial charge in [-0.2, -0.15) is 0 Å². The molecule has 3 heteroatoms. The maximum absolute atomic E-state index is 10.4. The Morgan fingerprint density at radius 1 is 1.64 bits per heavy atom. The number of hydrogen-bond acceptors (Lipinski definition) is 2. The maximum atomic E-state index is 10.4. The predicted octanol–water partition coefficient (Wildman–Crippen LogP) is 1.03. The fourth-order valence-corrected chi connectivity index (χ4v) is 0.732. The average Bonchev–Trinajstić information content (AvgIpc) is 1.86. The Morgan fingerprint density at radius 3 is 2.36 bits per heavy atom. The molecule has 0 spiro atoms. The molecule has 0 aliphatic rings. The van der Waals surface area contributed by atoms with Crippen molar-refractivity contribution in [3.63, 3.8) is 0 Å². The van der Waals surface area contributed by atoms with E-state index >= 15 is 0 Å². The highest BCUT2D eigenvalue weighted by Crippen LogP contribution is 2.18. The second-order valence-corrected chi connectivity index (χ2v) is 2.79. The zero-order valence-electron chi connectivity index (χ0n) is 7.03. The normalized spacial score (nSPS) is 19.6. The molecule has 0 radical (unpaired) electrons. The van der Waals surface area contributed by atoms with E-state index < -0.39 is 17.5 Å². The number of carboxylic acids is 1. The molecule has 0 bridgehead atoms. The molecule has 0 unspecified atom stereocenters. The van der Waals surface area contributed by atoms with Crippen LogP contribution >= 0.6 is 0 Å². The van der Waals surface area contributed by atoms with Crippen LogP contribution in [0.15, 0.2) is 12.2 Å². The summed E-state index contributed by atoms with van der Waals surface area (Å²) < 4.78 is 0. The number of carboxylic acid groups (broad SMARTS) is 1. The van der Waals surface area contributed by atoms with Gasteiger partial charge in [0, 0.05) is 0 Å². The minimum atomic E-state index is -1.25. The summed E-state index contributed by atoms with van der Waals surface area (Å²) in [6, 6.07) is 0. The van der Waals surface area contributed by atoms with Crippen LogP contribution in [0.1, 0.15) is 20.8 Å². The SMILES string of the molecule is C/C=C/[C@](C)(O)[C@H](C)C(=O)O. The molecule has 11 heavy (non-hydrogen) atoms. The van der Waals surface area contributed by atoms with Crippen LogP contribution in [0, 0.1) is 5.92 Å². The van der Waals surface area contributed by atoms with Crippen molar-refractivity contribution >= 4 is 5.97 Å². The molecule has 0 amide bonds. The van der Waals surface area contributed by atoms with Crippen molar-refractivity contribution in [3.05, 3.63) is 12.2 Å². The third kappa shape index (κ3) is 2.72. The maximum Gasteiger partial charge on any atom is 0.309 e. The Labute approximate surface area is 66.4 Å². The minimum absolute atomic E-state index is 0.779. The van der Waals surface area contributed by atoms with Gasteiger partial charge in [0.15, 0.2) is 0 Å². The molecule has 0 aliphatic heterocycles. The molecule has 0 aromatic carbocycles. The summed E-state index contributed by atoms with van der Waals surface area (Å²) in [7, 11) is 0. The van der Waals surface area contributed by atoms with Gasteiger partial charge in [-0.1, -0.05) is 12.2 Å². The number of aliphatic carboxylic acids is 1. The molecule has 3 nitrogen and oxygen atoms in total. The summed E-state index contributed by atoms with van der Waals surface area (Å²) in [5.74, 6) is -1.77. The Bertz CT molecular complexity index is 170. The number of allylic oxidation sites excluding steroid dienone is 1. The van der Waals surface area contributed by atoms with E-state index in [-0.39, 0.29) is 0 Å². The monoisotopic (exact) mass is 158 g/mol. The van der Waals surface area contributed by atoms with Crippen molar-refractivity contribution < 1.29 is 15.0 Å². The molecular formula is C8H14O3. The number of carbonyl (C=O) groups is 1. The topological polar surface area (TPSA) is 57.5 Å². The van der Waals surface area contributed by atoms with Crippen molar-refractivity contribution in [2.45, 2.75) is 26.4 Å². The summed E-state index contributed by atoms with van der Waals surface area (Å²) in [6.07, 6.45) is 3.12. The highest BCUT2D eigenvalue weighted by Gasteiger charge is 2.30.